The highest BCUT2D eigenvalue weighted by molar-refractivity contribution is 6.32. The van der Waals surface area contributed by atoms with Crippen molar-refractivity contribution >= 4 is 17.3 Å². The molecule has 1 aliphatic carbocycles. The number of nitriles is 1. The summed E-state index contributed by atoms with van der Waals surface area (Å²) >= 11 is 6.01. The van der Waals surface area contributed by atoms with Gasteiger partial charge in [0.25, 0.3) is 0 Å². The average molecular weight is 265 g/mol. The van der Waals surface area contributed by atoms with Crippen LogP contribution >= 0.6 is 11.6 Å². The van der Waals surface area contributed by atoms with Gasteiger partial charge in [-0.2, -0.15) is 5.26 Å². The molecule has 0 aromatic heterocycles. The van der Waals surface area contributed by atoms with Crippen molar-refractivity contribution in [2.75, 3.05) is 11.9 Å². The standard InChI is InChI=1S/C14H17ClN2O/c15-13-7-12(6-5-10(13)8-16)17-14-4-2-1-3-11(14)9-18/h5-7,11,14,17-18H,1-4,9H2. The third-order valence-corrected chi connectivity index (χ3v) is 3.90. The van der Waals surface area contributed by atoms with E-state index in [1.54, 1.807) is 12.1 Å². The van der Waals surface area contributed by atoms with Crippen LogP contribution in [0.3, 0.4) is 0 Å². The van der Waals surface area contributed by atoms with Crippen LogP contribution in [-0.2, 0) is 0 Å². The zero-order valence-corrected chi connectivity index (χ0v) is 11.0. The number of nitrogens with zero attached hydrogens (tertiary/aromatic N) is 1. The number of aliphatic hydroxyl groups excluding tert-OH is 1. The first kappa shape index (κ1) is 13.2. The van der Waals surface area contributed by atoms with Crippen LogP contribution in [-0.4, -0.2) is 17.8 Å². The number of rotatable bonds is 3. The summed E-state index contributed by atoms with van der Waals surface area (Å²) in [7, 11) is 0. The molecule has 0 amide bonds. The van der Waals surface area contributed by atoms with Crippen molar-refractivity contribution in [1.82, 2.24) is 0 Å². The zero-order valence-electron chi connectivity index (χ0n) is 10.2. The predicted octanol–water partition coefficient (Wildman–Crippen LogP) is 3.17. The van der Waals surface area contributed by atoms with Crippen molar-refractivity contribution in [2.24, 2.45) is 5.92 Å². The highest BCUT2D eigenvalue weighted by Crippen LogP contribution is 2.28. The summed E-state index contributed by atoms with van der Waals surface area (Å²) in [5.41, 5.74) is 1.41. The molecule has 1 aromatic carbocycles. The molecule has 18 heavy (non-hydrogen) atoms. The number of anilines is 1. The van der Waals surface area contributed by atoms with Gasteiger partial charge >= 0.3 is 0 Å². The highest BCUT2D eigenvalue weighted by Gasteiger charge is 2.24. The fraction of sp³-hybridized carbons (Fsp3) is 0.500. The smallest absolute Gasteiger partial charge is 0.101 e. The summed E-state index contributed by atoms with van der Waals surface area (Å²) in [6, 6.07) is 7.72. The van der Waals surface area contributed by atoms with Crippen LogP contribution in [0.2, 0.25) is 5.02 Å². The molecule has 1 aliphatic rings. The second-order valence-electron chi connectivity index (χ2n) is 4.78. The Morgan fingerprint density at radius 2 is 2.17 bits per heavy atom. The van der Waals surface area contributed by atoms with E-state index in [4.69, 9.17) is 16.9 Å². The van der Waals surface area contributed by atoms with Gasteiger partial charge in [-0.15, -0.1) is 0 Å². The Morgan fingerprint density at radius 3 is 2.83 bits per heavy atom. The van der Waals surface area contributed by atoms with Crippen LogP contribution in [0, 0.1) is 17.2 Å². The molecule has 2 atom stereocenters. The molecule has 1 fully saturated rings. The lowest BCUT2D eigenvalue weighted by atomic mass is 9.85. The van der Waals surface area contributed by atoms with E-state index in [-0.39, 0.29) is 6.61 Å². The third-order valence-electron chi connectivity index (χ3n) is 3.59. The van der Waals surface area contributed by atoms with Gasteiger partial charge in [-0.3, -0.25) is 0 Å². The van der Waals surface area contributed by atoms with Crippen molar-refractivity contribution in [1.29, 1.82) is 5.26 Å². The molecule has 96 valence electrons. The Bertz CT molecular complexity index is 456. The Hall–Kier alpha value is -1.24. The first-order valence-electron chi connectivity index (χ1n) is 6.31. The summed E-state index contributed by atoms with van der Waals surface area (Å²) in [6.45, 7) is 0.224. The van der Waals surface area contributed by atoms with Crippen LogP contribution in [0.1, 0.15) is 31.2 Å². The Morgan fingerprint density at radius 1 is 1.39 bits per heavy atom. The number of hydrogen-bond acceptors (Lipinski definition) is 3. The summed E-state index contributed by atoms with van der Waals surface area (Å²) in [4.78, 5) is 0. The lowest BCUT2D eigenvalue weighted by Gasteiger charge is -2.31. The van der Waals surface area contributed by atoms with E-state index in [2.05, 4.69) is 5.32 Å². The average Bonchev–Trinajstić information content (AvgIpc) is 2.39. The lowest BCUT2D eigenvalue weighted by Crippen LogP contribution is -2.34. The molecule has 0 heterocycles. The van der Waals surface area contributed by atoms with E-state index in [1.165, 1.54) is 12.8 Å². The molecule has 0 radical (unpaired) electrons. The summed E-state index contributed by atoms with van der Waals surface area (Å²) < 4.78 is 0. The van der Waals surface area contributed by atoms with Gasteiger partial charge in [-0.1, -0.05) is 24.4 Å². The molecule has 2 unspecified atom stereocenters. The predicted molar refractivity (Wildman–Crippen MR) is 72.6 cm³/mol. The van der Waals surface area contributed by atoms with Gasteiger partial charge in [-0.25, -0.2) is 0 Å². The van der Waals surface area contributed by atoms with E-state index in [9.17, 15) is 5.11 Å². The van der Waals surface area contributed by atoms with Crippen molar-refractivity contribution in [3.05, 3.63) is 28.8 Å². The normalized spacial score (nSPS) is 23.4. The summed E-state index contributed by atoms with van der Waals surface area (Å²) in [5.74, 6) is 0.313. The number of nitrogens with one attached hydrogen (secondary N) is 1. The van der Waals surface area contributed by atoms with Gasteiger partial charge in [0.2, 0.25) is 0 Å². The van der Waals surface area contributed by atoms with E-state index in [1.807, 2.05) is 12.1 Å². The second-order valence-corrected chi connectivity index (χ2v) is 5.19. The fourth-order valence-electron chi connectivity index (χ4n) is 2.53. The fourth-order valence-corrected chi connectivity index (χ4v) is 2.75. The largest absolute Gasteiger partial charge is 0.396 e. The number of aliphatic hydroxyl groups is 1. The lowest BCUT2D eigenvalue weighted by molar-refractivity contribution is 0.178. The molecule has 0 aliphatic heterocycles. The molecular formula is C14H17ClN2O. The molecule has 1 saturated carbocycles. The molecule has 0 spiro atoms. The Labute approximate surface area is 112 Å². The van der Waals surface area contributed by atoms with E-state index >= 15 is 0 Å². The molecule has 0 saturated heterocycles. The second kappa shape index (κ2) is 6.08. The molecular weight excluding hydrogens is 248 g/mol. The Kier molecular flexibility index (Phi) is 4.46. The number of benzene rings is 1. The minimum Gasteiger partial charge on any atom is -0.396 e. The molecule has 1 aromatic rings. The maximum atomic E-state index is 9.37. The van der Waals surface area contributed by atoms with Crippen molar-refractivity contribution in [2.45, 2.75) is 31.7 Å². The van der Waals surface area contributed by atoms with Crippen LogP contribution in [0.15, 0.2) is 18.2 Å². The third kappa shape index (κ3) is 2.95. The Balaban J connectivity index is 2.08. The van der Waals surface area contributed by atoms with Crippen LogP contribution in [0.25, 0.3) is 0 Å². The van der Waals surface area contributed by atoms with Crippen molar-refractivity contribution in [3.8, 4) is 6.07 Å². The molecule has 3 nitrogen and oxygen atoms in total. The van der Waals surface area contributed by atoms with E-state index in [0.717, 1.165) is 18.5 Å². The van der Waals surface area contributed by atoms with Gasteiger partial charge in [0.1, 0.15) is 6.07 Å². The van der Waals surface area contributed by atoms with E-state index in [0.29, 0.717) is 22.5 Å². The highest BCUT2D eigenvalue weighted by atomic mass is 35.5. The maximum Gasteiger partial charge on any atom is 0.101 e. The van der Waals surface area contributed by atoms with Gasteiger partial charge < -0.3 is 10.4 Å². The molecule has 2 N–H and O–H groups in total. The van der Waals surface area contributed by atoms with Gasteiger partial charge in [0.05, 0.1) is 10.6 Å². The van der Waals surface area contributed by atoms with Crippen LogP contribution < -0.4 is 5.32 Å². The van der Waals surface area contributed by atoms with Crippen molar-refractivity contribution in [3.63, 3.8) is 0 Å². The van der Waals surface area contributed by atoms with Crippen LogP contribution in [0.4, 0.5) is 5.69 Å². The topological polar surface area (TPSA) is 56.0 Å². The van der Waals surface area contributed by atoms with Gasteiger partial charge in [0.15, 0.2) is 0 Å². The van der Waals surface area contributed by atoms with Crippen LogP contribution in [0.5, 0.6) is 0 Å². The quantitative estimate of drug-likeness (QED) is 0.882. The van der Waals surface area contributed by atoms with E-state index < -0.39 is 0 Å². The zero-order chi connectivity index (χ0) is 13.0. The molecule has 4 heteroatoms. The minimum atomic E-state index is 0.224. The maximum absolute atomic E-state index is 9.37. The van der Waals surface area contributed by atoms with Gasteiger partial charge in [0, 0.05) is 24.3 Å². The first-order valence-corrected chi connectivity index (χ1v) is 6.69. The molecule has 2 rings (SSSR count). The summed E-state index contributed by atoms with van der Waals surface area (Å²) in [6.07, 6.45) is 4.52. The first-order chi connectivity index (χ1) is 8.74. The number of hydrogen-bond donors (Lipinski definition) is 2. The SMILES string of the molecule is N#Cc1ccc(NC2CCCCC2CO)cc1Cl. The monoisotopic (exact) mass is 264 g/mol. The summed E-state index contributed by atoms with van der Waals surface area (Å²) in [5, 5.41) is 22.1. The van der Waals surface area contributed by atoms with Crippen molar-refractivity contribution < 1.29 is 5.11 Å². The minimum absolute atomic E-state index is 0.224. The number of halogens is 1. The van der Waals surface area contributed by atoms with Gasteiger partial charge in [-0.05, 0) is 31.0 Å². The molecule has 0 bridgehead atoms.